The third-order valence-electron chi connectivity index (χ3n) is 2.52. The van der Waals surface area contributed by atoms with Crippen LogP contribution in [0.2, 0.25) is 0 Å². The fourth-order valence-electron chi connectivity index (χ4n) is 1.31. The summed E-state index contributed by atoms with van der Waals surface area (Å²) in [5, 5.41) is 3.28. The molecule has 0 aliphatic rings. The summed E-state index contributed by atoms with van der Waals surface area (Å²) in [5.41, 5.74) is 6.40. The van der Waals surface area contributed by atoms with Crippen molar-refractivity contribution in [3.8, 4) is 0 Å². The monoisotopic (exact) mass is 206 g/mol. The number of rotatable bonds is 5. The summed E-state index contributed by atoms with van der Waals surface area (Å²) in [7, 11) is 0. The lowest BCUT2D eigenvalue weighted by Crippen LogP contribution is -2.32. The molecule has 2 atom stereocenters. The van der Waals surface area contributed by atoms with Crippen molar-refractivity contribution in [1.29, 1.82) is 0 Å². The zero-order chi connectivity index (χ0) is 11.3. The second-order valence-electron chi connectivity index (χ2n) is 3.84. The Morgan fingerprint density at radius 2 is 1.93 bits per heavy atom. The minimum atomic E-state index is -0.261. The van der Waals surface area contributed by atoms with E-state index in [0.29, 0.717) is 6.54 Å². The number of carbonyl (C=O) groups is 1. The Kier molecular flexibility index (Phi) is 4.31. The molecule has 0 bridgehead atoms. The molecule has 3 N–H and O–H groups in total. The second-order valence-corrected chi connectivity index (χ2v) is 3.84. The summed E-state index contributed by atoms with van der Waals surface area (Å²) >= 11 is 0. The molecule has 0 aliphatic heterocycles. The van der Waals surface area contributed by atoms with Gasteiger partial charge in [-0.1, -0.05) is 37.3 Å². The van der Waals surface area contributed by atoms with Gasteiger partial charge in [-0.15, -0.1) is 0 Å². The SMILES string of the molecule is CC(CN[C@H](C)c1ccccc1)C(N)=O. The van der Waals surface area contributed by atoms with Crippen LogP contribution in [0.1, 0.15) is 25.5 Å². The van der Waals surface area contributed by atoms with Gasteiger partial charge in [0.2, 0.25) is 5.91 Å². The highest BCUT2D eigenvalue weighted by Gasteiger charge is 2.10. The topological polar surface area (TPSA) is 55.1 Å². The molecular formula is C12H18N2O. The first-order chi connectivity index (χ1) is 7.11. The Bertz CT molecular complexity index is 311. The Morgan fingerprint density at radius 1 is 1.33 bits per heavy atom. The van der Waals surface area contributed by atoms with Crippen LogP contribution in [0.3, 0.4) is 0 Å². The van der Waals surface area contributed by atoms with E-state index in [1.165, 1.54) is 5.56 Å². The van der Waals surface area contributed by atoms with Crippen molar-refractivity contribution >= 4 is 5.91 Å². The maximum absolute atomic E-state index is 10.8. The average molecular weight is 206 g/mol. The van der Waals surface area contributed by atoms with Crippen molar-refractivity contribution < 1.29 is 4.79 Å². The lowest BCUT2D eigenvalue weighted by atomic mass is 10.1. The van der Waals surface area contributed by atoms with Crippen LogP contribution in [0.4, 0.5) is 0 Å². The minimum Gasteiger partial charge on any atom is -0.369 e. The number of hydrogen-bond donors (Lipinski definition) is 2. The van der Waals surface area contributed by atoms with Crippen LogP contribution in [0.25, 0.3) is 0 Å². The Hall–Kier alpha value is -1.35. The first-order valence-corrected chi connectivity index (χ1v) is 5.19. The number of hydrogen-bond acceptors (Lipinski definition) is 2. The van der Waals surface area contributed by atoms with Gasteiger partial charge in [-0.3, -0.25) is 4.79 Å². The van der Waals surface area contributed by atoms with E-state index >= 15 is 0 Å². The molecule has 1 unspecified atom stereocenters. The van der Waals surface area contributed by atoms with E-state index in [-0.39, 0.29) is 17.9 Å². The molecule has 1 amide bonds. The van der Waals surface area contributed by atoms with Gasteiger partial charge in [-0.2, -0.15) is 0 Å². The minimum absolute atomic E-state index is 0.129. The van der Waals surface area contributed by atoms with Crippen LogP contribution in [-0.2, 0) is 4.79 Å². The van der Waals surface area contributed by atoms with Crippen molar-refractivity contribution in [1.82, 2.24) is 5.32 Å². The van der Waals surface area contributed by atoms with E-state index in [9.17, 15) is 4.79 Å². The van der Waals surface area contributed by atoms with E-state index in [4.69, 9.17) is 5.73 Å². The molecule has 0 aliphatic carbocycles. The highest BCUT2D eigenvalue weighted by Crippen LogP contribution is 2.11. The number of benzene rings is 1. The summed E-state index contributed by atoms with van der Waals surface area (Å²) < 4.78 is 0. The summed E-state index contributed by atoms with van der Waals surface area (Å²) in [5.74, 6) is -0.390. The molecule has 0 heterocycles. The van der Waals surface area contributed by atoms with Crippen LogP contribution in [0.15, 0.2) is 30.3 Å². The normalized spacial score (nSPS) is 14.5. The number of nitrogens with two attached hydrogens (primary N) is 1. The standard InChI is InChI=1S/C12H18N2O/c1-9(12(13)15)8-14-10(2)11-6-4-3-5-7-11/h3-7,9-10,14H,8H2,1-2H3,(H2,13,15)/t9?,10-/m1/s1. The molecule has 1 aromatic carbocycles. The van der Waals surface area contributed by atoms with Gasteiger partial charge in [-0.25, -0.2) is 0 Å². The lowest BCUT2D eigenvalue weighted by Gasteiger charge is -2.16. The van der Waals surface area contributed by atoms with Crippen LogP contribution in [-0.4, -0.2) is 12.5 Å². The highest BCUT2D eigenvalue weighted by molar-refractivity contribution is 5.76. The van der Waals surface area contributed by atoms with E-state index in [2.05, 4.69) is 24.4 Å². The third-order valence-corrected chi connectivity index (χ3v) is 2.52. The maximum atomic E-state index is 10.8. The molecule has 0 aromatic heterocycles. The van der Waals surface area contributed by atoms with Crippen molar-refractivity contribution in [2.45, 2.75) is 19.9 Å². The Morgan fingerprint density at radius 3 is 2.47 bits per heavy atom. The largest absolute Gasteiger partial charge is 0.369 e. The van der Waals surface area contributed by atoms with Crippen LogP contribution < -0.4 is 11.1 Å². The molecule has 0 radical (unpaired) electrons. The van der Waals surface area contributed by atoms with Gasteiger partial charge in [0.05, 0.1) is 0 Å². The summed E-state index contributed by atoms with van der Waals surface area (Å²) in [6, 6.07) is 10.4. The molecule has 3 heteroatoms. The molecule has 1 rings (SSSR count). The first kappa shape index (κ1) is 11.7. The van der Waals surface area contributed by atoms with Gasteiger partial charge >= 0.3 is 0 Å². The average Bonchev–Trinajstić information content (AvgIpc) is 2.26. The molecular weight excluding hydrogens is 188 g/mol. The molecule has 0 fully saturated rings. The van der Waals surface area contributed by atoms with Crippen LogP contribution >= 0.6 is 0 Å². The third kappa shape index (κ3) is 3.72. The Labute approximate surface area is 90.7 Å². The highest BCUT2D eigenvalue weighted by atomic mass is 16.1. The van der Waals surface area contributed by atoms with Crippen LogP contribution in [0, 0.1) is 5.92 Å². The second kappa shape index (κ2) is 5.51. The number of nitrogens with one attached hydrogen (secondary N) is 1. The summed E-state index contributed by atoms with van der Waals surface area (Å²) in [6.07, 6.45) is 0. The van der Waals surface area contributed by atoms with Crippen molar-refractivity contribution in [2.75, 3.05) is 6.54 Å². The lowest BCUT2D eigenvalue weighted by molar-refractivity contribution is -0.121. The van der Waals surface area contributed by atoms with Crippen molar-refractivity contribution in [3.63, 3.8) is 0 Å². The Balaban J connectivity index is 2.43. The van der Waals surface area contributed by atoms with Gasteiger partial charge in [0.15, 0.2) is 0 Å². The smallest absolute Gasteiger partial charge is 0.221 e. The molecule has 82 valence electrons. The number of amides is 1. The predicted molar refractivity (Wildman–Crippen MR) is 61.2 cm³/mol. The summed E-state index contributed by atoms with van der Waals surface area (Å²) in [4.78, 5) is 10.8. The van der Waals surface area contributed by atoms with Gasteiger partial charge in [0.1, 0.15) is 0 Å². The van der Waals surface area contributed by atoms with E-state index in [0.717, 1.165) is 0 Å². The quantitative estimate of drug-likeness (QED) is 0.766. The van der Waals surface area contributed by atoms with Gasteiger partial charge in [-0.05, 0) is 12.5 Å². The molecule has 15 heavy (non-hydrogen) atoms. The van der Waals surface area contributed by atoms with E-state index in [1.54, 1.807) is 0 Å². The number of primary amides is 1. The maximum Gasteiger partial charge on any atom is 0.221 e. The molecule has 1 aromatic rings. The fraction of sp³-hybridized carbons (Fsp3) is 0.417. The zero-order valence-corrected chi connectivity index (χ0v) is 9.23. The van der Waals surface area contributed by atoms with E-state index < -0.39 is 0 Å². The first-order valence-electron chi connectivity index (χ1n) is 5.19. The molecule has 0 saturated heterocycles. The van der Waals surface area contributed by atoms with Crippen molar-refractivity contribution in [2.24, 2.45) is 11.7 Å². The van der Waals surface area contributed by atoms with Gasteiger partial charge in [0, 0.05) is 18.5 Å². The predicted octanol–water partition coefficient (Wildman–Crippen LogP) is 1.46. The molecule has 3 nitrogen and oxygen atoms in total. The van der Waals surface area contributed by atoms with Crippen LogP contribution in [0.5, 0.6) is 0 Å². The van der Waals surface area contributed by atoms with Crippen molar-refractivity contribution in [3.05, 3.63) is 35.9 Å². The number of carbonyl (C=O) groups excluding carboxylic acids is 1. The molecule has 0 spiro atoms. The van der Waals surface area contributed by atoms with Gasteiger partial charge in [0.25, 0.3) is 0 Å². The fourth-order valence-corrected chi connectivity index (χ4v) is 1.31. The molecule has 0 saturated carbocycles. The summed E-state index contributed by atoms with van der Waals surface area (Å²) in [6.45, 7) is 4.52. The van der Waals surface area contributed by atoms with E-state index in [1.807, 2.05) is 25.1 Å². The zero-order valence-electron chi connectivity index (χ0n) is 9.23. The van der Waals surface area contributed by atoms with Gasteiger partial charge < -0.3 is 11.1 Å².